The van der Waals surface area contributed by atoms with Crippen LogP contribution < -0.4 is 5.56 Å². The second-order valence-corrected chi connectivity index (χ2v) is 8.37. The van der Waals surface area contributed by atoms with Gasteiger partial charge in [0, 0.05) is 13.0 Å². The molecule has 2 aromatic heterocycles. The van der Waals surface area contributed by atoms with Crippen molar-refractivity contribution in [3.05, 3.63) is 22.0 Å². The van der Waals surface area contributed by atoms with Crippen LogP contribution in [0.1, 0.15) is 96.8 Å². The first-order valence-corrected chi connectivity index (χ1v) is 11.6. The van der Waals surface area contributed by atoms with Gasteiger partial charge in [-0.15, -0.1) is 0 Å². The Morgan fingerprint density at radius 1 is 0.931 bits per heavy atom. The highest BCUT2D eigenvalue weighted by Gasteiger charge is 2.09. The highest BCUT2D eigenvalue weighted by molar-refractivity contribution is 6.28. The third-order valence-electron chi connectivity index (χ3n) is 5.38. The molecule has 162 valence electrons. The fourth-order valence-electron chi connectivity index (χ4n) is 3.73. The number of fused-ring (bicyclic) bond motifs is 1. The zero-order valence-electron chi connectivity index (χ0n) is 17.7. The molecule has 0 aromatic carbocycles. The topological polar surface area (TPSA) is 80.6 Å². The maximum atomic E-state index is 12.0. The van der Waals surface area contributed by atoms with Gasteiger partial charge in [-0.1, -0.05) is 70.6 Å². The van der Waals surface area contributed by atoms with Crippen LogP contribution in [-0.4, -0.2) is 25.3 Å². The molecule has 7 heteroatoms. The van der Waals surface area contributed by atoms with Crippen molar-refractivity contribution in [1.29, 1.82) is 0 Å². The number of imidazole rings is 1. The molecular formula is C22H35ClN4O2. The van der Waals surface area contributed by atoms with E-state index in [0.717, 1.165) is 25.8 Å². The smallest absolute Gasteiger partial charge is 0.278 e. The number of carbonyl (C=O) groups is 1. The molecule has 0 amide bonds. The van der Waals surface area contributed by atoms with Crippen molar-refractivity contribution in [3.63, 3.8) is 0 Å². The van der Waals surface area contributed by atoms with Crippen LogP contribution in [0.4, 0.5) is 0 Å². The molecule has 29 heavy (non-hydrogen) atoms. The number of aryl methyl sites for hydroxylation is 1. The Labute approximate surface area is 178 Å². The number of Topliss-reactive ketones (excluding diaryl/α,β-unsaturated/α-hetero) is 1. The van der Waals surface area contributed by atoms with Crippen LogP contribution in [-0.2, 0) is 11.3 Å². The summed E-state index contributed by atoms with van der Waals surface area (Å²) in [7, 11) is 0. The number of aromatic amines is 1. The standard InChI is InChI=1S/C22H35ClN4O2/c1-18(28)15-13-11-9-7-5-3-2-4-6-8-10-12-14-16-27-17-24-20-19(27)21(29)26-22(23)25-20/h17H,2-16H2,1H3,(H,25,26,29). The van der Waals surface area contributed by atoms with Crippen LogP contribution in [0.3, 0.4) is 0 Å². The molecule has 0 radical (unpaired) electrons. The van der Waals surface area contributed by atoms with E-state index in [1.807, 2.05) is 4.57 Å². The van der Waals surface area contributed by atoms with Crippen LogP contribution in [0.2, 0.25) is 5.28 Å². The van der Waals surface area contributed by atoms with Crippen molar-refractivity contribution in [2.75, 3.05) is 0 Å². The zero-order chi connectivity index (χ0) is 20.9. The van der Waals surface area contributed by atoms with Crippen molar-refractivity contribution in [3.8, 4) is 0 Å². The average Bonchev–Trinajstić information content (AvgIpc) is 3.07. The van der Waals surface area contributed by atoms with E-state index in [-0.39, 0.29) is 10.8 Å². The lowest BCUT2D eigenvalue weighted by Crippen LogP contribution is -2.12. The van der Waals surface area contributed by atoms with Gasteiger partial charge in [-0.3, -0.25) is 9.78 Å². The van der Waals surface area contributed by atoms with E-state index in [4.69, 9.17) is 11.6 Å². The summed E-state index contributed by atoms with van der Waals surface area (Å²) in [5.41, 5.74) is 0.691. The number of unbranched alkanes of at least 4 members (excludes halogenated alkanes) is 12. The molecule has 0 fully saturated rings. The van der Waals surface area contributed by atoms with Crippen molar-refractivity contribution in [1.82, 2.24) is 19.5 Å². The number of hydrogen-bond donors (Lipinski definition) is 1. The Kier molecular flexibility index (Phi) is 11.0. The van der Waals surface area contributed by atoms with Gasteiger partial charge in [0.2, 0.25) is 5.28 Å². The van der Waals surface area contributed by atoms with E-state index in [1.165, 1.54) is 70.6 Å². The van der Waals surface area contributed by atoms with Gasteiger partial charge in [-0.05, 0) is 31.4 Å². The van der Waals surface area contributed by atoms with Crippen molar-refractivity contribution >= 4 is 28.5 Å². The molecule has 0 saturated carbocycles. The third-order valence-corrected chi connectivity index (χ3v) is 5.56. The molecule has 0 bridgehead atoms. The van der Waals surface area contributed by atoms with Gasteiger partial charge in [0.1, 0.15) is 5.78 Å². The SMILES string of the molecule is CC(=O)CCCCCCCCCCCCCCCn1cnc2nc(Cl)[nH]c(=O)c21. The summed E-state index contributed by atoms with van der Waals surface area (Å²) in [6, 6.07) is 0. The predicted octanol–water partition coefficient (Wildman–Crippen LogP) is 5.82. The van der Waals surface area contributed by atoms with Crippen LogP contribution in [0.25, 0.3) is 11.2 Å². The first-order chi connectivity index (χ1) is 14.1. The molecule has 2 rings (SSSR count). The molecule has 1 N–H and O–H groups in total. The summed E-state index contributed by atoms with van der Waals surface area (Å²) >= 11 is 5.76. The molecule has 6 nitrogen and oxygen atoms in total. The first kappa shape index (κ1) is 23.6. The average molecular weight is 423 g/mol. The summed E-state index contributed by atoms with van der Waals surface area (Å²) in [6.45, 7) is 2.47. The minimum Gasteiger partial charge on any atom is -0.325 e. The fraction of sp³-hybridized carbons (Fsp3) is 0.727. The molecule has 2 heterocycles. The molecule has 0 aliphatic heterocycles. The van der Waals surface area contributed by atoms with Gasteiger partial charge in [-0.25, -0.2) is 4.98 Å². The molecule has 0 saturated heterocycles. The van der Waals surface area contributed by atoms with Gasteiger partial charge in [0.05, 0.1) is 6.33 Å². The number of H-pyrrole nitrogens is 1. The summed E-state index contributed by atoms with van der Waals surface area (Å²) in [5.74, 6) is 0.318. The molecule has 0 unspecified atom stereocenters. The maximum Gasteiger partial charge on any atom is 0.278 e. The lowest BCUT2D eigenvalue weighted by Gasteiger charge is -2.05. The quantitative estimate of drug-likeness (QED) is 0.273. The lowest BCUT2D eigenvalue weighted by atomic mass is 10.0. The Balaban J connectivity index is 1.42. The van der Waals surface area contributed by atoms with E-state index >= 15 is 0 Å². The highest BCUT2D eigenvalue weighted by atomic mass is 35.5. The Hall–Kier alpha value is -1.69. The predicted molar refractivity (Wildman–Crippen MR) is 118 cm³/mol. The largest absolute Gasteiger partial charge is 0.325 e. The molecule has 0 spiro atoms. The number of ketones is 1. The fourth-order valence-corrected chi connectivity index (χ4v) is 3.90. The van der Waals surface area contributed by atoms with Crippen molar-refractivity contribution < 1.29 is 4.79 Å². The maximum absolute atomic E-state index is 12.0. The molecule has 0 aliphatic rings. The number of aromatic nitrogens is 4. The molecule has 2 aromatic rings. The second-order valence-electron chi connectivity index (χ2n) is 8.02. The number of carbonyl (C=O) groups excluding carboxylic acids is 1. The van der Waals surface area contributed by atoms with E-state index in [2.05, 4.69) is 15.0 Å². The monoisotopic (exact) mass is 422 g/mol. The van der Waals surface area contributed by atoms with Crippen molar-refractivity contribution in [2.45, 2.75) is 103 Å². The van der Waals surface area contributed by atoms with Gasteiger partial charge in [-0.2, -0.15) is 4.98 Å². The Morgan fingerprint density at radius 3 is 2.00 bits per heavy atom. The normalized spacial score (nSPS) is 11.4. The van der Waals surface area contributed by atoms with Crippen LogP contribution >= 0.6 is 11.6 Å². The third kappa shape index (κ3) is 9.11. The van der Waals surface area contributed by atoms with Gasteiger partial charge in [0.15, 0.2) is 11.2 Å². The minimum absolute atomic E-state index is 0.0809. The molecule has 0 atom stereocenters. The van der Waals surface area contributed by atoms with E-state index in [1.54, 1.807) is 13.3 Å². The van der Waals surface area contributed by atoms with Crippen LogP contribution in [0, 0.1) is 0 Å². The Morgan fingerprint density at radius 2 is 1.45 bits per heavy atom. The van der Waals surface area contributed by atoms with Crippen molar-refractivity contribution in [2.24, 2.45) is 0 Å². The number of rotatable bonds is 16. The highest BCUT2D eigenvalue weighted by Crippen LogP contribution is 2.14. The number of halogens is 1. The lowest BCUT2D eigenvalue weighted by molar-refractivity contribution is -0.117. The zero-order valence-corrected chi connectivity index (χ0v) is 18.5. The molecular weight excluding hydrogens is 388 g/mol. The summed E-state index contributed by atoms with van der Waals surface area (Å²) in [4.78, 5) is 33.6. The number of nitrogens with one attached hydrogen (secondary N) is 1. The van der Waals surface area contributed by atoms with E-state index in [0.29, 0.717) is 16.9 Å². The van der Waals surface area contributed by atoms with Gasteiger partial charge in [0.25, 0.3) is 5.56 Å². The van der Waals surface area contributed by atoms with Gasteiger partial charge >= 0.3 is 0 Å². The number of hydrogen-bond acceptors (Lipinski definition) is 4. The summed E-state index contributed by atoms with van der Waals surface area (Å²) < 4.78 is 1.87. The summed E-state index contributed by atoms with van der Waals surface area (Å²) in [6.07, 6.45) is 18.7. The van der Waals surface area contributed by atoms with E-state index < -0.39 is 0 Å². The first-order valence-electron chi connectivity index (χ1n) is 11.2. The van der Waals surface area contributed by atoms with Crippen LogP contribution in [0.15, 0.2) is 11.1 Å². The van der Waals surface area contributed by atoms with Gasteiger partial charge < -0.3 is 9.36 Å². The Bertz CT molecular complexity index is 800. The van der Waals surface area contributed by atoms with E-state index in [9.17, 15) is 9.59 Å². The number of nitrogens with zero attached hydrogens (tertiary/aromatic N) is 3. The molecule has 0 aliphatic carbocycles. The summed E-state index contributed by atoms with van der Waals surface area (Å²) in [5, 5.41) is 0.0809. The minimum atomic E-state index is -0.228. The van der Waals surface area contributed by atoms with Crippen LogP contribution in [0.5, 0.6) is 0 Å². The second kappa shape index (κ2) is 13.5.